The number of aromatic nitrogens is 5. The molecule has 6 rings (SSSR count). The van der Waals surface area contributed by atoms with E-state index in [1.807, 2.05) is 29.2 Å². The van der Waals surface area contributed by atoms with Crippen molar-refractivity contribution in [2.75, 3.05) is 25.5 Å². The summed E-state index contributed by atoms with van der Waals surface area (Å²) < 4.78 is 1.89. The second kappa shape index (κ2) is 6.62. The molecule has 29 heavy (non-hydrogen) atoms. The number of allylic oxidation sites excluding steroid dienone is 1. The van der Waals surface area contributed by atoms with Crippen LogP contribution in [0, 0.1) is 0 Å². The highest BCUT2D eigenvalue weighted by Crippen LogP contribution is 2.41. The zero-order chi connectivity index (χ0) is 19.4. The van der Waals surface area contributed by atoms with Gasteiger partial charge in [0.05, 0.1) is 17.6 Å². The first-order chi connectivity index (χ1) is 14.2. The molecule has 1 saturated heterocycles. The molecule has 3 aromatic heterocycles. The summed E-state index contributed by atoms with van der Waals surface area (Å²) in [6.45, 7) is 2.25. The Morgan fingerprint density at radius 3 is 2.76 bits per heavy atom. The van der Waals surface area contributed by atoms with Gasteiger partial charge in [0.1, 0.15) is 0 Å². The summed E-state index contributed by atoms with van der Waals surface area (Å²) in [6.07, 6.45) is 13.8. The maximum atomic E-state index is 4.96. The third-order valence-corrected chi connectivity index (χ3v) is 6.40. The largest absolute Gasteiger partial charge is 0.351 e. The standard InChI is InChI=1S/C22H25N7/c1-28-9-6-15(7-10-28)25-22-23-12-18-16(4-5-19(18)27-22)20-8-11-29-21(26-20)17(13-24-29)14-2-3-14/h4,8,11-15H,2-3,5-7,9-10H2,1H3,(H,23,25,27). The Labute approximate surface area is 169 Å². The van der Waals surface area contributed by atoms with Crippen molar-refractivity contribution in [1.29, 1.82) is 0 Å². The van der Waals surface area contributed by atoms with E-state index in [4.69, 9.17) is 9.97 Å². The smallest absolute Gasteiger partial charge is 0.223 e. The van der Waals surface area contributed by atoms with E-state index in [1.54, 1.807) is 0 Å². The fourth-order valence-electron chi connectivity index (χ4n) is 4.47. The lowest BCUT2D eigenvalue weighted by Crippen LogP contribution is -2.37. The molecule has 0 bridgehead atoms. The predicted octanol–water partition coefficient (Wildman–Crippen LogP) is 2.89. The molecule has 2 fully saturated rings. The second-order valence-electron chi connectivity index (χ2n) is 8.55. The number of anilines is 1. The van der Waals surface area contributed by atoms with Crippen LogP contribution < -0.4 is 5.32 Å². The van der Waals surface area contributed by atoms with Crippen LogP contribution in [0.4, 0.5) is 5.95 Å². The molecule has 0 atom stereocenters. The van der Waals surface area contributed by atoms with Crippen molar-refractivity contribution in [3.05, 3.63) is 53.2 Å². The predicted molar refractivity (Wildman–Crippen MR) is 112 cm³/mol. The van der Waals surface area contributed by atoms with Crippen LogP contribution in [-0.4, -0.2) is 55.6 Å². The molecule has 148 valence electrons. The van der Waals surface area contributed by atoms with Crippen LogP contribution in [0.5, 0.6) is 0 Å². The van der Waals surface area contributed by atoms with Crippen LogP contribution in [0.1, 0.15) is 54.1 Å². The number of rotatable bonds is 4. The zero-order valence-corrected chi connectivity index (χ0v) is 16.7. The molecule has 1 N–H and O–H groups in total. The highest BCUT2D eigenvalue weighted by Gasteiger charge is 2.28. The first kappa shape index (κ1) is 17.1. The average Bonchev–Trinajstić information content (AvgIpc) is 3.36. The molecule has 0 spiro atoms. The number of hydrogen-bond donors (Lipinski definition) is 1. The summed E-state index contributed by atoms with van der Waals surface area (Å²) in [5.74, 6) is 1.39. The van der Waals surface area contributed by atoms with Gasteiger partial charge in [-0.15, -0.1) is 0 Å². The number of nitrogens with zero attached hydrogens (tertiary/aromatic N) is 6. The monoisotopic (exact) mass is 387 g/mol. The number of piperidine rings is 1. The van der Waals surface area contributed by atoms with Gasteiger partial charge in [0.2, 0.25) is 5.95 Å². The van der Waals surface area contributed by atoms with Gasteiger partial charge in [-0.2, -0.15) is 5.10 Å². The Kier molecular flexibility index (Phi) is 3.90. The molecule has 1 saturated carbocycles. The maximum Gasteiger partial charge on any atom is 0.223 e. The fraction of sp³-hybridized carbons (Fsp3) is 0.455. The highest BCUT2D eigenvalue weighted by molar-refractivity contribution is 5.82. The molecular formula is C22H25N7. The zero-order valence-electron chi connectivity index (χ0n) is 16.7. The molecule has 3 aliphatic rings. The normalized spacial score (nSPS) is 20.1. The summed E-state index contributed by atoms with van der Waals surface area (Å²) in [5.41, 5.74) is 6.57. The van der Waals surface area contributed by atoms with E-state index in [2.05, 4.69) is 33.4 Å². The Morgan fingerprint density at radius 2 is 1.93 bits per heavy atom. The molecule has 2 aliphatic carbocycles. The van der Waals surface area contributed by atoms with Crippen molar-refractivity contribution in [1.82, 2.24) is 29.5 Å². The molecule has 4 heterocycles. The van der Waals surface area contributed by atoms with Crippen molar-refractivity contribution in [2.24, 2.45) is 0 Å². The minimum Gasteiger partial charge on any atom is -0.351 e. The summed E-state index contributed by atoms with van der Waals surface area (Å²) in [4.78, 5) is 16.8. The van der Waals surface area contributed by atoms with Crippen LogP contribution in [0.15, 0.2) is 30.7 Å². The lowest BCUT2D eigenvalue weighted by atomic mass is 10.1. The molecule has 3 aromatic rings. The molecule has 1 aliphatic heterocycles. The summed E-state index contributed by atoms with van der Waals surface area (Å²) in [6, 6.07) is 2.51. The average molecular weight is 387 g/mol. The van der Waals surface area contributed by atoms with Gasteiger partial charge in [0.25, 0.3) is 0 Å². The minimum absolute atomic E-state index is 0.463. The van der Waals surface area contributed by atoms with Gasteiger partial charge < -0.3 is 10.2 Å². The van der Waals surface area contributed by atoms with Gasteiger partial charge in [0.15, 0.2) is 5.65 Å². The third kappa shape index (κ3) is 3.09. The lowest BCUT2D eigenvalue weighted by molar-refractivity contribution is 0.263. The highest BCUT2D eigenvalue weighted by atomic mass is 15.2. The molecule has 7 heteroatoms. The van der Waals surface area contributed by atoms with Gasteiger partial charge in [-0.3, -0.25) is 0 Å². The third-order valence-electron chi connectivity index (χ3n) is 6.40. The van der Waals surface area contributed by atoms with Gasteiger partial charge >= 0.3 is 0 Å². The van der Waals surface area contributed by atoms with Crippen molar-refractivity contribution in [3.8, 4) is 0 Å². The fourth-order valence-corrected chi connectivity index (χ4v) is 4.47. The van der Waals surface area contributed by atoms with E-state index in [-0.39, 0.29) is 0 Å². The van der Waals surface area contributed by atoms with Crippen LogP contribution in [0.25, 0.3) is 11.2 Å². The first-order valence-electron chi connectivity index (χ1n) is 10.6. The topological polar surface area (TPSA) is 71.2 Å². The van der Waals surface area contributed by atoms with Crippen molar-refractivity contribution >= 4 is 17.2 Å². The van der Waals surface area contributed by atoms with E-state index in [0.29, 0.717) is 12.0 Å². The molecular weight excluding hydrogens is 362 g/mol. The first-order valence-corrected chi connectivity index (χ1v) is 10.6. The Bertz CT molecular complexity index is 1100. The van der Waals surface area contributed by atoms with E-state index in [1.165, 1.54) is 18.4 Å². The molecule has 0 aromatic carbocycles. The van der Waals surface area contributed by atoms with E-state index in [9.17, 15) is 0 Å². The molecule has 0 unspecified atom stereocenters. The van der Waals surface area contributed by atoms with E-state index < -0.39 is 0 Å². The molecule has 7 nitrogen and oxygen atoms in total. The molecule has 0 amide bonds. The van der Waals surface area contributed by atoms with E-state index >= 15 is 0 Å². The van der Waals surface area contributed by atoms with Crippen molar-refractivity contribution in [2.45, 2.75) is 44.1 Å². The second-order valence-corrected chi connectivity index (χ2v) is 8.55. The Balaban J connectivity index is 1.26. The Morgan fingerprint density at radius 1 is 1.07 bits per heavy atom. The summed E-state index contributed by atoms with van der Waals surface area (Å²) in [7, 11) is 2.18. The van der Waals surface area contributed by atoms with Gasteiger partial charge in [0, 0.05) is 41.6 Å². The van der Waals surface area contributed by atoms with E-state index in [0.717, 1.165) is 66.5 Å². The SMILES string of the molecule is CN1CCC(Nc2ncc3c(n2)CC=C3c2ccn3ncc(C4CC4)c3n2)CC1. The van der Waals surface area contributed by atoms with Crippen molar-refractivity contribution in [3.63, 3.8) is 0 Å². The number of likely N-dealkylation sites (tertiary alicyclic amines) is 1. The number of fused-ring (bicyclic) bond motifs is 2. The van der Waals surface area contributed by atoms with Crippen LogP contribution in [-0.2, 0) is 6.42 Å². The van der Waals surface area contributed by atoms with Crippen LogP contribution >= 0.6 is 0 Å². The summed E-state index contributed by atoms with van der Waals surface area (Å²) >= 11 is 0. The quantitative estimate of drug-likeness (QED) is 0.742. The van der Waals surface area contributed by atoms with Crippen molar-refractivity contribution < 1.29 is 0 Å². The van der Waals surface area contributed by atoms with Gasteiger partial charge in [-0.05, 0) is 57.8 Å². The Hall–Kier alpha value is -2.80. The maximum absolute atomic E-state index is 4.96. The number of hydrogen-bond acceptors (Lipinski definition) is 6. The van der Waals surface area contributed by atoms with Crippen LogP contribution in [0.2, 0.25) is 0 Å². The summed E-state index contributed by atoms with van der Waals surface area (Å²) in [5, 5.41) is 8.00. The minimum atomic E-state index is 0.463. The lowest BCUT2D eigenvalue weighted by Gasteiger charge is -2.29. The van der Waals surface area contributed by atoms with Gasteiger partial charge in [-0.25, -0.2) is 19.5 Å². The number of nitrogens with one attached hydrogen (secondary N) is 1. The van der Waals surface area contributed by atoms with Crippen LogP contribution in [0.3, 0.4) is 0 Å². The van der Waals surface area contributed by atoms with Gasteiger partial charge in [-0.1, -0.05) is 6.08 Å². The molecule has 0 radical (unpaired) electrons.